The highest BCUT2D eigenvalue weighted by Gasteiger charge is 2.17. The smallest absolute Gasteiger partial charge is 0.284 e. The molecule has 0 atom stereocenters. The van der Waals surface area contributed by atoms with Gasteiger partial charge in [0, 0.05) is 32.7 Å². The van der Waals surface area contributed by atoms with Crippen LogP contribution < -0.4 is 21.1 Å². The van der Waals surface area contributed by atoms with Gasteiger partial charge >= 0.3 is 0 Å². The number of nitrogens with zero attached hydrogens (tertiary/aromatic N) is 2. The maximum atomic E-state index is 13.9. The molecule has 0 spiro atoms. The van der Waals surface area contributed by atoms with Gasteiger partial charge in [-0.3, -0.25) is 10.2 Å². The lowest BCUT2D eigenvalue weighted by Gasteiger charge is -2.29. The molecular formula is C12H18FN5O. The van der Waals surface area contributed by atoms with Crippen molar-refractivity contribution in [3.8, 4) is 0 Å². The minimum absolute atomic E-state index is 0.0670. The number of aromatic nitrogens is 1. The van der Waals surface area contributed by atoms with E-state index in [-0.39, 0.29) is 5.69 Å². The summed E-state index contributed by atoms with van der Waals surface area (Å²) in [6, 6.07) is 3.14. The lowest BCUT2D eigenvalue weighted by molar-refractivity contribution is 0.0928. The molecule has 0 bridgehead atoms. The molecule has 104 valence electrons. The Labute approximate surface area is 111 Å². The molecule has 0 radical (unpaired) electrons. The van der Waals surface area contributed by atoms with Gasteiger partial charge < -0.3 is 10.2 Å². The van der Waals surface area contributed by atoms with Gasteiger partial charge in [0.15, 0.2) is 0 Å². The number of pyridine rings is 1. The van der Waals surface area contributed by atoms with Crippen LogP contribution in [0.2, 0.25) is 0 Å². The third-order valence-electron chi connectivity index (χ3n) is 2.90. The summed E-state index contributed by atoms with van der Waals surface area (Å²) in [4.78, 5) is 17.3. The van der Waals surface area contributed by atoms with Crippen LogP contribution in [0.15, 0.2) is 12.1 Å². The highest BCUT2D eigenvalue weighted by Crippen LogP contribution is 2.18. The van der Waals surface area contributed by atoms with E-state index in [4.69, 9.17) is 0 Å². The standard InChI is InChI=1S/C12H18FN5O/c1-2-15-17-12(19)9-3-4-10(11(13)16-9)18-7-5-14-6-8-18/h3-4,14-15H,2,5-8H2,1H3,(H,17,19). The van der Waals surface area contributed by atoms with Crippen molar-refractivity contribution in [1.82, 2.24) is 21.2 Å². The number of anilines is 1. The first-order valence-electron chi connectivity index (χ1n) is 6.37. The molecule has 1 aromatic heterocycles. The Balaban J connectivity index is 2.10. The van der Waals surface area contributed by atoms with Crippen molar-refractivity contribution in [3.05, 3.63) is 23.8 Å². The molecule has 1 aliphatic rings. The molecule has 0 saturated carbocycles. The van der Waals surface area contributed by atoms with E-state index >= 15 is 0 Å². The van der Waals surface area contributed by atoms with E-state index in [0.717, 1.165) is 26.2 Å². The molecule has 1 amide bonds. The molecule has 0 aromatic carbocycles. The lowest BCUT2D eigenvalue weighted by atomic mass is 10.2. The van der Waals surface area contributed by atoms with Gasteiger partial charge in [-0.25, -0.2) is 10.4 Å². The highest BCUT2D eigenvalue weighted by atomic mass is 19.1. The zero-order valence-electron chi connectivity index (χ0n) is 10.9. The second-order valence-corrected chi connectivity index (χ2v) is 4.23. The largest absolute Gasteiger partial charge is 0.365 e. The van der Waals surface area contributed by atoms with Gasteiger partial charge in [-0.05, 0) is 12.1 Å². The number of hydrogen-bond acceptors (Lipinski definition) is 5. The molecule has 7 heteroatoms. The lowest BCUT2D eigenvalue weighted by Crippen LogP contribution is -2.44. The molecule has 2 rings (SSSR count). The Morgan fingerprint density at radius 3 is 2.84 bits per heavy atom. The monoisotopic (exact) mass is 267 g/mol. The van der Waals surface area contributed by atoms with Crippen molar-refractivity contribution in [2.45, 2.75) is 6.92 Å². The number of carbonyl (C=O) groups is 1. The first-order chi connectivity index (χ1) is 9.22. The van der Waals surface area contributed by atoms with Crippen molar-refractivity contribution >= 4 is 11.6 Å². The molecule has 1 aromatic rings. The Hall–Kier alpha value is -1.73. The van der Waals surface area contributed by atoms with Crippen LogP contribution in [0.5, 0.6) is 0 Å². The average Bonchev–Trinajstić information content (AvgIpc) is 2.45. The van der Waals surface area contributed by atoms with E-state index in [1.165, 1.54) is 6.07 Å². The number of amides is 1. The number of rotatable bonds is 4. The van der Waals surface area contributed by atoms with E-state index in [2.05, 4.69) is 21.2 Å². The maximum Gasteiger partial charge on any atom is 0.284 e. The van der Waals surface area contributed by atoms with E-state index < -0.39 is 11.9 Å². The molecule has 19 heavy (non-hydrogen) atoms. The van der Waals surface area contributed by atoms with Gasteiger partial charge in [-0.2, -0.15) is 4.39 Å². The number of carbonyl (C=O) groups excluding carboxylic acids is 1. The van der Waals surface area contributed by atoms with Crippen LogP contribution in [-0.2, 0) is 0 Å². The minimum atomic E-state index is -0.606. The third kappa shape index (κ3) is 3.39. The number of nitrogens with one attached hydrogen (secondary N) is 3. The second kappa shape index (κ2) is 6.44. The van der Waals surface area contributed by atoms with Crippen molar-refractivity contribution in [1.29, 1.82) is 0 Å². The van der Waals surface area contributed by atoms with Gasteiger partial charge in [0.2, 0.25) is 5.95 Å². The van der Waals surface area contributed by atoms with Crippen LogP contribution in [0.4, 0.5) is 10.1 Å². The topological polar surface area (TPSA) is 69.3 Å². The maximum absolute atomic E-state index is 13.9. The van der Waals surface area contributed by atoms with Crippen molar-refractivity contribution in [3.63, 3.8) is 0 Å². The summed E-state index contributed by atoms with van der Waals surface area (Å²) in [5.41, 5.74) is 5.61. The summed E-state index contributed by atoms with van der Waals surface area (Å²) < 4.78 is 13.9. The quantitative estimate of drug-likeness (QED) is 0.524. The molecule has 3 N–H and O–H groups in total. The molecule has 0 unspecified atom stereocenters. The fourth-order valence-electron chi connectivity index (χ4n) is 1.93. The van der Waals surface area contributed by atoms with Crippen LogP contribution in [0.1, 0.15) is 17.4 Å². The summed E-state index contributed by atoms with van der Waals surface area (Å²) in [5, 5.41) is 3.20. The van der Waals surface area contributed by atoms with Crippen molar-refractivity contribution in [2.24, 2.45) is 0 Å². The summed E-state index contributed by atoms with van der Waals surface area (Å²) >= 11 is 0. The van der Waals surface area contributed by atoms with Crippen LogP contribution in [0.3, 0.4) is 0 Å². The fraction of sp³-hybridized carbons (Fsp3) is 0.500. The number of halogens is 1. The summed E-state index contributed by atoms with van der Waals surface area (Å²) in [5.74, 6) is -1.04. The normalized spacial score (nSPS) is 15.4. The SMILES string of the molecule is CCNNC(=O)c1ccc(N2CCNCC2)c(F)n1. The average molecular weight is 267 g/mol. The molecular weight excluding hydrogens is 249 g/mol. The summed E-state index contributed by atoms with van der Waals surface area (Å²) in [6.45, 7) is 5.56. The van der Waals surface area contributed by atoms with E-state index in [0.29, 0.717) is 12.2 Å². The van der Waals surface area contributed by atoms with Crippen LogP contribution >= 0.6 is 0 Å². The van der Waals surface area contributed by atoms with Gasteiger partial charge in [0.05, 0.1) is 5.69 Å². The van der Waals surface area contributed by atoms with Crippen LogP contribution in [-0.4, -0.2) is 43.6 Å². The Morgan fingerprint density at radius 2 is 2.21 bits per heavy atom. The van der Waals surface area contributed by atoms with Crippen LogP contribution in [0, 0.1) is 5.95 Å². The van der Waals surface area contributed by atoms with Crippen molar-refractivity contribution in [2.75, 3.05) is 37.6 Å². The molecule has 0 aliphatic carbocycles. The Bertz CT molecular complexity index is 448. The number of hydrazine groups is 1. The Kier molecular flexibility index (Phi) is 4.64. The summed E-state index contributed by atoms with van der Waals surface area (Å²) in [6.07, 6.45) is 0. The van der Waals surface area contributed by atoms with E-state index in [1.807, 2.05) is 11.8 Å². The number of hydrogen-bond donors (Lipinski definition) is 3. The third-order valence-corrected chi connectivity index (χ3v) is 2.90. The predicted octanol–water partition coefficient (Wildman–Crippen LogP) is -0.115. The first-order valence-corrected chi connectivity index (χ1v) is 6.37. The fourth-order valence-corrected chi connectivity index (χ4v) is 1.93. The zero-order chi connectivity index (χ0) is 13.7. The minimum Gasteiger partial charge on any atom is -0.365 e. The Morgan fingerprint density at radius 1 is 1.47 bits per heavy atom. The summed E-state index contributed by atoms with van der Waals surface area (Å²) in [7, 11) is 0. The molecule has 1 fully saturated rings. The van der Waals surface area contributed by atoms with Gasteiger partial charge in [0.25, 0.3) is 5.91 Å². The highest BCUT2D eigenvalue weighted by molar-refractivity contribution is 5.92. The molecule has 1 saturated heterocycles. The zero-order valence-corrected chi connectivity index (χ0v) is 10.9. The number of piperazine rings is 1. The van der Waals surface area contributed by atoms with Crippen LogP contribution in [0.25, 0.3) is 0 Å². The van der Waals surface area contributed by atoms with Gasteiger partial charge in [-0.15, -0.1) is 0 Å². The van der Waals surface area contributed by atoms with Crippen molar-refractivity contribution < 1.29 is 9.18 Å². The van der Waals surface area contributed by atoms with Gasteiger partial charge in [0.1, 0.15) is 5.69 Å². The predicted molar refractivity (Wildman–Crippen MR) is 70.4 cm³/mol. The van der Waals surface area contributed by atoms with E-state index in [1.54, 1.807) is 6.07 Å². The van der Waals surface area contributed by atoms with E-state index in [9.17, 15) is 9.18 Å². The molecule has 2 heterocycles. The molecule has 6 nitrogen and oxygen atoms in total. The second-order valence-electron chi connectivity index (χ2n) is 4.23. The van der Waals surface area contributed by atoms with Gasteiger partial charge in [-0.1, -0.05) is 6.92 Å². The molecule has 1 aliphatic heterocycles. The first kappa shape index (κ1) is 13.7.